The number of benzene rings is 2. The summed E-state index contributed by atoms with van der Waals surface area (Å²) in [6, 6.07) is 11.2. The fourth-order valence-corrected chi connectivity index (χ4v) is 4.27. The maximum atomic E-state index is 12.4. The first kappa shape index (κ1) is 18.2. The van der Waals surface area contributed by atoms with Gasteiger partial charge in [-0.25, -0.2) is 13.1 Å². The Morgan fingerprint density at radius 1 is 1.00 bits per heavy atom. The largest absolute Gasteiger partial charge is 0.216 e. The van der Waals surface area contributed by atoms with Crippen LogP contribution in [-0.4, -0.2) is 8.42 Å². The lowest BCUT2D eigenvalue weighted by atomic mass is 9.97. The third kappa shape index (κ3) is 4.90. The average Bonchev–Trinajstić information content (AvgIpc) is 2.44. The van der Waals surface area contributed by atoms with E-state index in [-0.39, 0.29) is 11.8 Å². The van der Waals surface area contributed by atoms with Gasteiger partial charge in [0.25, 0.3) is 0 Å². The summed E-state index contributed by atoms with van der Waals surface area (Å²) in [6.45, 7) is 8.01. The highest BCUT2D eigenvalue weighted by Gasteiger charge is 2.18. The Bertz CT molecular complexity index is 799. The van der Waals surface area contributed by atoms with E-state index >= 15 is 0 Å². The molecule has 0 aromatic heterocycles. The summed E-state index contributed by atoms with van der Waals surface area (Å²) in [7, 11) is -3.40. The van der Waals surface area contributed by atoms with E-state index in [1.54, 1.807) is 0 Å². The van der Waals surface area contributed by atoms with Gasteiger partial charge in [0.2, 0.25) is 10.0 Å². The lowest BCUT2D eigenvalue weighted by molar-refractivity contribution is 0.565. The van der Waals surface area contributed by atoms with Gasteiger partial charge in [-0.15, -0.1) is 0 Å². The number of halogens is 1. The van der Waals surface area contributed by atoms with Crippen molar-refractivity contribution in [3.05, 3.63) is 68.7 Å². The van der Waals surface area contributed by atoms with Crippen LogP contribution in [0.1, 0.15) is 40.8 Å². The second-order valence-electron chi connectivity index (χ2n) is 6.02. The van der Waals surface area contributed by atoms with Gasteiger partial charge in [0.1, 0.15) is 0 Å². The minimum atomic E-state index is -3.40. The summed E-state index contributed by atoms with van der Waals surface area (Å²) in [5.74, 6) is -0.0193. The topological polar surface area (TPSA) is 46.2 Å². The van der Waals surface area contributed by atoms with Crippen molar-refractivity contribution in [1.82, 2.24) is 4.72 Å². The molecule has 124 valence electrons. The van der Waals surface area contributed by atoms with E-state index in [4.69, 9.17) is 0 Å². The van der Waals surface area contributed by atoms with Gasteiger partial charge in [-0.05, 0) is 67.6 Å². The molecule has 1 atom stereocenters. The Hall–Kier alpha value is -1.17. The van der Waals surface area contributed by atoms with E-state index in [1.807, 2.05) is 45.0 Å². The van der Waals surface area contributed by atoms with Gasteiger partial charge in [0.05, 0.1) is 5.75 Å². The van der Waals surface area contributed by atoms with Gasteiger partial charge in [0, 0.05) is 10.5 Å². The molecule has 2 aromatic carbocycles. The molecule has 0 fully saturated rings. The third-order valence-corrected chi connectivity index (χ3v) is 5.93. The Balaban J connectivity index is 2.16. The summed E-state index contributed by atoms with van der Waals surface area (Å²) in [5, 5.41) is 0. The summed E-state index contributed by atoms with van der Waals surface area (Å²) < 4.78 is 28.5. The van der Waals surface area contributed by atoms with E-state index < -0.39 is 10.0 Å². The van der Waals surface area contributed by atoms with Crippen LogP contribution in [0, 0.1) is 20.8 Å². The van der Waals surface area contributed by atoms with Crippen LogP contribution in [0.2, 0.25) is 0 Å². The molecule has 1 N–H and O–H groups in total. The highest BCUT2D eigenvalue weighted by Crippen LogP contribution is 2.23. The smallest absolute Gasteiger partial charge is 0.212 e. The SMILES string of the molecule is Cc1cc(C)c(C(C)NS(=O)(=O)Cc2ccc(Br)cc2)cc1C. The molecule has 0 spiro atoms. The standard InChI is InChI=1S/C18H22BrNO2S/c1-12-9-14(3)18(10-13(12)2)15(4)20-23(21,22)11-16-5-7-17(19)8-6-16/h5-10,15,20H,11H2,1-4H3. The maximum absolute atomic E-state index is 12.4. The molecule has 1 unspecified atom stereocenters. The number of hydrogen-bond donors (Lipinski definition) is 1. The van der Waals surface area contributed by atoms with Crippen molar-refractivity contribution in [3.63, 3.8) is 0 Å². The Morgan fingerprint density at radius 3 is 2.17 bits per heavy atom. The zero-order valence-electron chi connectivity index (χ0n) is 13.9. The van der Waals surface area contributed by atoms with Crippen molar-refractivity contribution >= 4 is 26.0 Å². The molecule has 0 heterocycles. The molecule has 2 aromatic rings. The molecule has 0 aliphatic heterocycles. The van der Waals surface area contributed by atoms with Crippen LogP contribution in [-0.2, 0) is 15.8 Å². The van der Waals surface area contributed by atoms with Crippen molar-refractivity contribution in [2.24, 2.45) is 0 Å². The molecule has 23 heavy (non-hydrogen) atoms. The predicted octanol–water partition coefficient (Wildman–Crippen LogP) is 4.55. The second-order valence-corrected chi connectivity index (χ2v) is 8.69. The van der Waals surface area contributed by atoms with Gasteiger partial charge in [-0.3, -0.25) is 0 Å². The summed E-state index contributed by atoms with van der Waals surface area (Å²) >= 11 is 3.35. The molecule has 0 bridgehead atoms. The van der Waals surface area contributed by atoms with Crippen LogP contribution in [0.15, 0.2) is 40.9 Å². The molecule has 0 saturated carbocycles. The number of sulfonamides is 1. The quantitative estimate of drug-likeness (QED) is 0.806. The molecule has 0 saturated heterocycles. The van der Waals surface area contributed by atoms with E-state index in [9.17, 15) is 8.42 Å². The normalized spacial score (nSPS) is 13.1. The molecular formula is C18H22BrNO2S. The van der Waals surface area contributed by atoms with Crippen LogP contribution in [0.4, 0.5) is 0 Å². The molecular weight excluding hydrogens is 374 g/mol. The zero-order chi connectivity index (χ0) is 17.2. The lowest BCUT2D eigenvalue weighted by Crippen LogP contribution is -2.28. The van der Waals surface area contributed by atoms with Crippen molar-refractivity contribution < 1.29 is 8.42 Å². The first-order valence-corrected chi connectivity index (χ1v) is 9.94. The maximum Gasteiger partial charge on any atom is 0.216 e. The Morgan fingerprint density at radius 2 is 1.57 bits per heavy atom. The number of aryl methyl sites for hydroxylation is 3. The average molecular weight is 396 g/mol. The van der Waals surface area contributed by atoms with Crippen molar-refractivity contribution in [2.45, 2.75) is 39.5 Å². The fourth-order valence-electron chi connectivity index (χ4n) is 2.62. The Kier molecular flexibility index (Phi) is 5.65. The number of hydrogen-bond acceptors (Lipinski definition) is 2. The number of rotatable bonds is 5. The molecule has 3 nitrogen and oxygen atoms in total. The highest BCUT2D eigenvalue weighted by atomic mass is 79.9. The predicted molar refractivity (Wildman–Crippen MR) is 99.0 cm³/mol. The van der Waals surface area contributed by atoms with E-state index in [0.717, 1.165) is 21.2 Å². The van der Waals surface area contributed by atoms with Crippen LogP contribution in [0.25, 0.3) is 0 Å². The first-order chi connectivity index (χ1) is 10.7. The monoisotopic (exact) mass is 395 g/mol. The zero-order valence-corrected chi connectivity index (χ0v) is 16.3. The summed E-state index contributed by atoms with van der Waals surface area (Å²) in [4.78, 5) is 0. The fraction of sp³-hybridized carbons (Fsp3) is 0.333. The number of nitrogens with one attached hydrogen (secondary N) is 1. The van der Waals surface area contributed by atoms with Crippen LogP contribution < -0.4 is 4.72 Å². The molecule has 0 radical (unpaired) electrons. The van der Waals surface area contributed by atoms with E-state index in [2.05, 4.69) is 39.7 Å². The van der Waals surface area contributed by atoms with Gasteiger partial charge in [-0.1, -0.05) is 40.2 Å². The Labute approximate surface area is 147 Å². The molecule has 5 heteroatoms. The lowest BCUT2D eigenvalue weighted by Gasteiger charge is -2.18. The van der Waals surface area contributed by atoms with Crippen molar-refractivity contribution in [1.29, 1.82) is 0 Å². The highest BCUT2D eigenvalue weighted by molar-refractivity contribution is 9.10. The summed E-state index contributed by atoms with van der Waals surface area (Å²) in [6.07, 6.45) is 0. The molecule has 0 aliphatic carbocycles. The molecule has 0 amide bonds. The van der Waals surface area contributed by atoms with Crippen LogP contribution in [0.3, 0.4) is 0 Å². The summed E-state index contributed by atoms with van der Waals surface area (Å²) in [5.41, 5.74) is 5.28. The van der Waals surface area contributed by atoms with Gasteiger partial charge >= 0.3 is 0 Å². The first-order valence-electron chi connectivity index (χ1n) is 7.50. The minimum Gasteiger partial charge on any atom is -0.212 e. The van der Waals surface area contributed by atoms with Crippen molar-refractivity contribution in [2.75, 3.05) is 0 Å². The van der Waals surface area contributed by atoms with Gasteiger partial charge in [0.15, 0.2) is 0 Å². The molecule has 0 aliphatic rings. The van der Waals surface area contributed by atoms with Gasteiger partial charge in [-0.2, -0.15) is 0 Å². The van der Waals surface area contributed by atoms with Crippen LogP contribution >= 0.6 is 15.9 Å². The minimum absolute atomic E-state index is 0.0193. The van der Waals surface area contributed by atoms with Crippen LogP contribution in [0.5, 0.6) is 0 Å². The molecule has 2 rings (SSSR count). The second kappa shape index (κ2) is 7.16. The van der Waals surface area contributed by atoms with Gasteiger partial charge < -0.3 is 0 Å². The van der Waals surface area contributed by atoms with E-state index in [0.29, 0.717) is 0 Å². The van der Waals surface area contributed by atoms with E-state index in [1.165, 1.54) is 11.1 Å². The van der Waals surface area contributed by atoms with Crippen molar-refractivity contribution in [3.8, 4) is 0 Å². The third-order valence-electron chi connectivity index (χ3n) is 3.98.